The van der Waals surface area contributed by atoms with Gasteiger partial charge in [0.15, 0.2) is 0 Å². The number of carbonyl (C=O) groups excluding carboxylic acids is 1. The number of rotatable bonds is 2. The third-order valence-electron chi connectivity index (χ3n) is 3.76. The molecule has 126 valence electrons. The Bertz CT molecular complexity index is 790. The molecule has 0 bridgehead atoms. The van der Waals surface area contributed by atoms with Crippen LogP contribution in [-0.4, -0.2) is 12.5 Å². The Hall–Kier alpha value is -2.21. The summed E-state index contributed by atoms with van der Waals surface area (Å²) < 4.78 is 44.2. The molecule has 1 heterocycles. The van der Waals surface area contributed by atoms with E-state index in [-0.39, 0.29) is 5.56 Å². The largest absolute Gasteiger partial charge is 0.493 e. The predicted octanol–water partition coefficient (Wildman–Crippen LogP) is 4.94. The van der Waals surface area contributed by atoms with E-state index in [0.29, 0.717) is 18.0 Å². The highest BCUT2D eigenvalue weighted by atomic mass is 35.5. The highest BCUT2D eigenvalue weighted by molar-refractivity contribution is 6.35. The van der Waals surface area contributed by atoms with Crippen molar-refractivity contribution in [1.82, 2.24) is 0 Å². The summed E-state index contributed by atoms with van der Waals surface area (Å²) >= 11 is 5.79. The van der Waals surface area contributed by atoms with Gasteiger partial charge in [-0.25, -0.2) is 0 Å². The lowest BCUT2D eigenvalue weighted by Crippen LogP contribution is -2.18. The molecule has 0 spiro atoms. The smallest absolute Gasteiger partial charge is 0.417 e. The molecule has 1 aliphatic rings. The van der Waals surface area contributed by atoms with Crippen molar-refractivity contribution in [3.63, 3.8) is 0 Å². The van der Waals surface area contributed by atoms with Gasteiger partial charge in [-0.15, -0.1) is 0 Å². The first kappa shape index (κ1) is 16.6. The van der Waals surface area contributed by atoms with Gasteiger partial charge in [-0.05, 0) is 37.1 Å². The van der Waals surface area contributed by atoms with E-state index in [2.05, 4.69) is 5.32 Å². The van der Waals surface area contributed by atoms with Crippen molar-refractivity contribution in [2.45, 2.75) is 19.0 Å². The van der Waals surface area contributed by atoms with Gasteiger partial charge >= 0.3 is 6.18 Å². The first-order valence-electron chi connectivity index (χ1n) is 7.29. The number of benzene rings is 2. The second-order valence-corrected chi connectivity index (χ2v) is 5.73. The Morgan fingerprint density at radius 2 is 1.92 bits per heavy atom. The van der Waals surface area contributed by atoms with Gasteiger partial charge in [0.25, 0.3) is 5.91 Å². The number of anilines is 1. The lowest BCUT2D eigenvalue weighted by molar-refractivity contribution is -0.137. The number of hydrogen-bond donors (Lipinski definition) is 1. The molecule has 2 aromatic carbocycles. The molecule has 0 fully saturated rings. The van der Waals surface area contributed by atoms with E-state index in [1.807, 2.05) is 0 Å². The third kappa shape index (κ3) is 3.19. The normalized spacial score (nSPS) is 13.8. The van der Waals surface area contributed by atoms with Crippen LogP contribution in [0.3, 0.4) is 0 Å². The van der Waals surface area contributed by atoms with Gasteiger partial charge in [0, 0.05) is 11.3 Å². The summed E-state index contributed by atoms with van der Waals surface area (Å²) in [5, 5.41) is 2.03. The monoisotopic (exact) mass is 355 g/mol. The number of ether oxygens (including phenoxy) is 1. The van der Waals surface area contributed by atoms with Gasteiger partial charge in [-0.2, -0.15) is 13.2 Å². The summed E-state index contributed by atoms with van der Waals surface area (Å²) in [5.74, 6) is -0.0146. The lowest BCUT2D eigenvalue weighted by Gasteiger charge is -2.20. The quantitative estimate of drug-likeness (QED) is 0.829. The maximum Gasteiger partial charge on any atom is 0.417 e. The van der Waals surface area contributed by atoms with Crippen molar-refractivity contribution >= 4 is 23.2 Å². The Balaban J connectivity index is 1.92. The van der Waals surface area contributed by atoms with Crippen LogP contribution in [0.1, 0.15) is 27.9 Å². The first-order valence-corrected chi connectivity index (χ1v) is 7.67. The summed E-state index contributed by atoms with van der Waals surface area (Å²) in [6.45, 7) is 0.601. The summed E-state index contributed by atoms with van der Waals surface area (Å²) in [6, 6.07) is 8.46. The van der Waals surface area contributed by atoms with E-state index in [9.17, 15) is 18.0 Å². The molecule has 1 N–H and O–H groups in total. The minimum Gasteiger partial charge on any atom is -0.493 e. The Morgan fingerprint density at radius 3 is 2.67 bits per heavy atom. The zero-order valence-corrected chi connectivity index (χ0v) is 13.2. The molecule has 3 rings (SSSR count). The fourth-order valence-corrected chi connectivity index (χ4v) is 2.94. The number of hydrogen-bond acceptors (Lipinski definition) is 2. The molecular weight excluding hydrogens is 343 g/mol. The average Bonchev–Trinajstić information content (AvgIpc) is 2.54. The van der Waals surface area contributed by atoms with Crippen LogP contribution in [0.15, 0.2) is 36.4 Å². The van der Waals surface area contributed by atoms with Gasteiger partial charge in [0.1, 0.15) is 5.75 Å². The Kier molecular flexibility index (Phi) is 4.41. The zero-order valence-electron chi connectivity index (χ0n) is 12.4. The van der Waals surface area contributed by atoms with E-state index in [0.717, 1.165) is 30.5 Å². The van der Waals surface area contributed by atoms with Crippen molar-refractivity contribution < 1.29 is 22.7 Å². The lowest BCUT2D eigenvalue weighted by atomic mass is 10.0. The van der Waals surface area contributed by atoms with Crippen LogP contribution in [0.5, 0.6) is 5.75 Å². The Morgan fingerprint density at radius 1 is 1.17 bits per heavy atom. The average molecular weight is 356 g/mol. The standard InChI is InChI=1S/C17H13ClF3NO2/c18-15-11(4-1-6-12(15)17(19,20)21)16(23)22-13-7-2-8-14-10(13)5-3-9-24-14/h1-2,4,6-8H,3,5,9H2,(H,22,23). The van der Waals surface area contributed by atoms with Crippen LogP contribution in [-0.2, 0) is 12.6 Å². The second-order valence-electron chi connectivity index (χ2n) is 5.35. The van der Waals surface area contributed by atoms with Crippen molar-refractivity contribution in [1.29, 1.82) is 0 Å². The van der Waals surface area contributed by atoms with Gasteiger partial charge in [0.2, 0.25) is 0 Å². The maximum atomic E-state index is 12.9. The molecule has 2 aromatic rings. The first-order chi connectivity index (χ1) is 11.4. The molecule has 7 heteroatoms. The molecule has 0 saturated carbocycles. The molecule has 3 nitrogen and oxygen atoms in total. The highest BCUT2D eigenvalue weighted by Gasteiger charge is 2.34. The predicted molar refractivity (Wildman–Crippen MR) is 84.7 cm³/mol. The van der Waals surface area contributed by atoms with Gasteiger partial charge in [-0.1, -0.05) is 23.7 Å². The molecule has 0 aromatic heterocycles. The number of carbonyl (C=O) groups is 1. The van der Waals surface area contributed by atoms with E-state index in [4.69, 9.17) is 16.3 Å². The van der Waals surface area contributed by atoms with E-state index in [1.165, 1.54) is 6.07 Å². The van der Waals surface area contributed by atoms with Crippen molar-refractivity contribution in [3.8, 4) is 5.75 Å². The SMILES string of the molecule is O=C(Nc1cccc2c1CCCO2)c1cccc(C(F)(F)F)c1Cl. The van der Waals surface area contributed by atoms with Crippen molar-refractivity contribution in [2.75, 3.05) is 11.9 Å². The fraction of sp³-hybridized carbons (Fsp3) is 0.235. The van der Waals surface area contributed by atoms with Crippen LogP contribution in [0, 0.1) is 0 Å². The summed E-state index contributed by atoms with van der Waals surface area (Å²) in [7, 11) is 0. The zero-order chi connectivity index (χ0) is 17.3. The molecule has 0 saturated heterocycles. The Labute approximate surface area is 141 Å². The molecular formula is C17H13ClF3NO2. The fourth-order valence-electron chi connectivity index (χ4n) is 2.62. The minimum atomic E-state index is -4.62. The highest BCUT2D eigenvalue weighted by Crippen LogP contribution is 2.37. The molecule has 1 aliphatic heterocycles. The number of halogens is 4. The third-order valence-corrected chi connectivity index (χ3v) is 4.17. The van der Waals surface area contributed by atoms with Crippen molar-refractivity contribution in [2.24, 2.45) is 0 Å². The molecule has 0 unspecified atom stereocenters. The van der Waals surface area contributed by atoms with Crippen LogP contribution >= 0.6 is 11.6 Å². The number of alkyl halides is 3. The van der Waals surface area contributed by atoms with Crippen LogP contribution in [0.2, 0.25) is 5.02 Å². The van der Waals surface area contributed by atoms with E-state index < -0.39 is 22.7 Å². The summed E-state index contributed by atoms with van der Waals surface area (Å²) in [5.41, 5.74) is 0.0990. The summed E-state index contributed by atoms with van der Waals surface area (Å²) in [4.78, 5) is 12.4. The maximum absolute atomic E-state index is 12.9. The van der Waals surface area contributed by atoms with Gasteiger partial charge < -0.3 is 10.1 Å². The number of amides is 1. The second kappa shape index (κ2) is 6.36. The molecule has 0 atom stereocenters. The van der Waals surface area contributed by atoms with Gasteiger partial charge in [0.05, 0.1) is 22.8 Å². The van der Waals surface area contributed by atoms with Crippen LogP contribution in [0.25, 0.3) is 0 Å². The minimum absolute atomic E-state index is 0.221. The van der Waals surface area contributed by atoms with Crippen LogP contribution < -0.4 is 10.1 Å². The van der Waals surface area contributed by atoms with Crippen molar-refractivity contribution in [3.05, 3.63) is 58.1 Å². The molecule has 1 amide bonds. The van der Waals surface area contributed by atoms with Crippen LogP contribution in [0.4, 0.5) is 18.9 Å². The van der Waals surface area contributed by atoms with E-state index >= 15 is 0 Å². The summed E-state index contributed by atoms with van der Waals surface area (Å²) in [6.07, 6.45) is -3.08. The molecule has 24 heavy (non-hydrogen) atoms. The van der Waals surface area contributed by atoms with Gasteiger partial charge in [-0.3, -0.25) is 4.79 Å². The number of nitrogens with one attached hydrogen (secondary N) is 1. The topological polar surface area (TPSA) is 38.3 Å². The number of fused-ring (bicyclic) bond motifs is 1. The van der Waals surface area contributed by atoms with E-state index in [1.54, 1.807) is 18.2 Å². The molecule has 0 aliphatic carbocycles. The molecule has 0 radical (unpaired) electrons.